The Bertz CT molecular complexity index is 1100. The van der Waals surface area contributed by atoms with Crippen molar-refractivity contribution in [3.05, 3.63) is 76.3 Å². The predicted molar refractivity (Wildman–Crippen MR) is 101 cm³/mol. The number of hydrogen-bond acceptors (Lipinski definition) is 3. The lowest BCUT2D eigenvalue weighted by atomic mass is 9.92. The number of nitrogens with one attached hydrogen (secondary N) is 1. The molecule has 26 heavy (non-hydrogen) atoms. The maximum Gasteiger partial charge on any atom is 0.142 e. The standard InChI is InChI=1S/C19H13Cl2FN4/c1-10(17-15(20)2-3-16(22)18(17)21)14-8-26-19-13(14)4-11(7-25-19)12-5-23-9-24-6-12/h2-10H,1H3,(H,25,26). The summed E-state index contributed by atoms with van der Waals surface area (Å²) >= 11 is 12.5. The zero-order valence-corrected chi connectivity index (χ0v) is 15.2. The fraction of sp³-hybridized carbons (Fsp3) is 0.105. The number of rotatable bonds is 3. The highest BCUT2D eigenvalue weighted by molar-refractivity contribution is 6.36. The quantitative estimate of drug-likeness (QED) is 0.465. The summed E-state index contributed by atoms with van der Waals surface area (Å²) in [4.78, 5) is 15.7. The molecule has 0 aliphatic carbocycles. The molecular formula is C19H13Cl2FN4. The molecule has 0 fully saturated rings. The number of H-pyrrole nitrogens is 1. The Labute approximate surface area is 159 Å². The van der Waals surface area contributed by atoms with Crippen LogP contribution in [-0.4, -0.2) is 19.9 Å². The van der Waals surface area contributed by atoms with Gasteiger partial charge in [0.1, 0.15) is 17.8 Å². The van der Waals surface area contributed by atoms with E-state index in [9.17, 15) is 4.39 Å². The van der Waals surface area contributed by atoms with Crippen molar-refractivity contribution in [1.29, 1.82) is 0 Å². The van der Waals surface area contributed by atoms with Gasteiger partial charge in [-0.1, -0.05) is 30.1 Å². The fourth-order valence-corrected chi connectivity index (χ4v) is 3.78. The average molecular weight is 387 g/mol. The lowest BCUT2D eigenvalue weighted by molar-refractivity contribution is 0.625. The molecule has 4 nitrogen and oxygen atoms in total. The first-order chi connectivity index (χ1) is 12.6. The lowest BCUT2D eigenvalue weighted by Gasteiger charge is -2.15. The first-order valence-electron chi connectivity index (χ1n) is 7.92. The van der Waals surface area contributed by atoms with Crippen LogP contribution in [0, 0.1) is 5.82 Å². The fourth-order valence-electron chi connectivity index (χ4n) is 3.08. The molecule has 3 heterocycles. The highest BCUT2D eigenvalue weighted by atomic mass is 35.5. The number of halogens is 3. The van der Waals surface area contributed by atoms with Gasteiger partial charge in [-0.15, -0.1) is 0 Å². The van der Waals surface area contributed by atoms with Crippen LogP contribution >= 0.6 is 23.2 Å². The third-order valence-corrected chi connectivity index (χ3v) is 5.15. The van der Waals surface area contributed by atoms with Crippen molar-refractivity contribution < 1.29 is 4.39 Å². The van der Waals surface area contributed by atoms with E-state index in [1.54, 1.807) is 18.6 Å². The third-order valence-electron chi connectivity index (χ3n) is 4.44. The molecule has 1 unspecified atom stereocenters. The minimum Gasteiger partial charge on any atom is -0.346 e. The Kier molecular flexibility index (Phi) is 4.34. The Balaban J connectivity index is 1.86. The number of hydrogen-bond donors (Lipinski definition) is 1. The zero-order valence-electron chi connectivity index (χ0n) is 13.7. The van der Waals surface area contributed by atoms with Crippen LogP contribution in [0.4, 0.5) is 4.39 Å². The van der Waals surface area contributed by atoms with E-state index in [2.05, 4.69) is 19.9 Å². The summed E-state index contributed by atoms with van der Waals surface area (Å²) in [5.74, 6) is -0.707. The van der Waals surface area contributed by atoms with Crippen molar-refractivity contribution in [1.82, 2.24) is 19.9 Å². The van der Waals surface area contributed by atoms with E-state index in [0.29, 0.717) is 10.6 Å². The van der Waals surface area contributed by atoms with Crippen molar-refractivity contribution in [3.63, 3.8) is 0 Å². The molecule has 0 saturated carbocycles. The van der Waals surface area contributed by atoms with Gasteiger partial charge in [0.25, 0.3) is 0 Å². The molecule has 0 bridgehead atoms. The maximum absolute atomic E-state index is 13.9. The molecule has 1 atom stereocenters. The van der Waals surface area contributed by atoms with Crippen LogP contribution in [0.2, 0.25) is 10.0 Å². The Morgan fingerprint density at radius 1 is 1.08 bits per heavy atom. The van der Waals surface area contributed by atoms with E-state index in [1.807, 2.05) is 19.2 Å². The first-order valence-corrected chi connectivity index (χ1v) is 8.67. The van der Waals surface area contributed by atoms with Crippen LogP contribution in [0.5, 0.6) is 0 Å². The van der Waals surface area contributed by atoms with Gasteiger partial charge in [-0.3, -0.25) is 0 Å². The molecule has 7 heteroatoms. The lowest BCUT2D eigenvalue weighted by Crippen LogP contribution is -1.99. The summed E-state index contributed by atoms with van der Waals surface area (Å²) in [6.07, 6.45) is 8.55. The Hall–Kier alpha value is -2.50. The first kappa shape index (κ1) is 16.9. The molecule has 0 radical (unpaired) electrons. The number of aromatic amines is 1. The van der Waals surface area contributed by atoms with Gasteiger partial charge in [-0.2, -0.15) is 0 Å². The number of nitrogens with zero attached hydrogens (tertiary/aromatic N) is 3. The minimum atomic E-state index is -0.488. The van der Waals surface area contributed by atoms with E-state index in [1.165, 1.54) is 18.5 Å². The van der Waals surface area contributed by atoms with E-state index in [-0.39, 0.29) is 10.9 Å². The van der Waals surface area contributed by atoms with Crippen LogP contribution in [0.25, 0.3) is 22.2 Å². The second-order valence-electron chi connectivity index (χ2n) is 5.97. The van der Waals surface area contributed by atoms with Crippen LogP contribution in [-0.2, 0) is 0 Å². The zero-order chi connectivity index (χ0) is 18.3. The maximum atomic E-state index is 13.9. The highest BCUT2D eigenvalue weighted by Crippen LogP contribution is 2.39. The molecule has 1 N–H and O–H groups in total. The summed E-state index contributed by atoms with van der Waals surface area (Å²) in [6, 6.07) is 4.80. The van der Waals surface area contributed by atoms with Gasteiger partial charge in [0.15, 0.2) is 0 Å². The Morgan fingerprint density at radius 2 is 1.85 bits per heavy atom. The summed E-state index contributed by atoms with van der Waals surface area (Å²) in [7, 11) is 0. The van der Waals surface area contributed by atoms with E-state index < -0.39 is 5.82 Å². The largest absolute Gasteiger partial charge is 0.346 e. The SMILES string of the molecule is CC(c1c(Cl)ccc(F)c1Cl)c1c[nH]c2ncc(-c3cncnc3)cc12. The van der Waals surface area contributed by atoms with E-state index in [0.717, 1.165) is 27.7 Å². The third kappa shape index (κ3) is 2.83. The van der Waals surface area contributed by atoms with Crippen LogP contribution in [0.1, 0.15) is 24.0 Å². The molecule has 0 aliphatic heterocycles. The summed E-state index contributed by atoms with van der Waals surface area (Å²) in [5, 5.41) is 1.38. The summed E-state index contributed by atoms with van der Waals surface area (Å²) < 4.78 is 13.9. The molecule has 4 rings (SSSR count). The van der Waals surface area contributed by atoms with E-state index in [4.69, 9.17) is 23.2 Å². The number of fused-ring (bicyclic) bond motifs is 1. The second kappa shape index (κ2) is 6.67. The van der Waals surface area contributed by atoms with Crippen LogP contribution in [0.15, 0.2) is 49.3 Å². The van der Waals surface area contributed by atoms with E-state index >= 15 is 0 Å². The topological polar surface area (TPSA) is 54.5 Å². The minimum absolute atomic E-state index is 0.0416. The molecular weight excluding hydrogens is 374 g/mol. The highest BCUT2D eigenvalue weighted by Gasteiger charge is 2.21. The molecule has 0 amide bonds. The molecule has 130 valence electrons. The monoisotopic (exact) mass is 386 g/mol. The summed E-state index contributed by atoms with van der Waals surface area (Å²) in [5.41, 5.74) is 3.98. The molecule has 3 aromatic heterocycles. The van der Waals surface area contributed by atoms with Gasteiger partial charge in [-0.05, 0) is 29.3 Å². The van der Waals surface area contributed by atoms with Crippen molar-refractivity contribution in [2.45, 2.75) is 12.8 Å². The van der Waals surface area contributed by atoms with Crippen molar-refractivity contribution in [3.8, 4) is 11.1 Å². The number of aromatic nitrogens is 4. The van der Waals surface area contributed by atoms with Gasteiger partial charge >= 0.3 is 0 Å². The molecule has 0 aliphatic rings. The van der Waals surface area contributed by atoms with Gasteiger partial charge in [0.05, 0.1) is 5.02 Å². The molecule has 1 aromatic carbocycles. The Morgan fingerprint density at radius 3 is 2.62 bits per heavy atom. The molecule has 0 saturated heterocycles. The smallest absolute Gasteiger partial charge is 0.142 e. The van der Waals surface area contributed by atoms with Gasteiger partial charge in [0, 0.05) is 52.2 Å². The van der Waals surface area contributed by atoms with Crippen LogP contribution in [0.3, 0.4) is 0 Å². The predicted octanol–water partition coefficient (Wildman–Crippen LogP) is 5.62. The average Bonchev–Trinajstić information content (AvgIpc) is 3.09. The summed E-state index contributed by atoms with van der Waals surface area (Å²) in [6.45, 7) is 1.94. The van der Waals surface area contributed by atoms with Gasteiger partial charge < -0.3 is 4.98 Å². The number of benzene rings is 1. The second-order valence-corrected chi connectivity index (χ2v) is 6.76. The van der Waals surface area contributed by atoms with Gasteiger partial charge in [0.2, 0.25) is 0 Å². The van der Waals surface area contributed by atoms with Crippen molar-refractivity contribution >= 4 is 34.2 Å². The molecule has 0 spiro atoms. The van der Waals surface area contributed by atoms with Gasteiger partial charge in [-0.25, -0.2) is 19.3 Å². The van der Waals surface area contributed by atoms with Crippen molar-refractivity contribution in [2.24, 2.45) is 0 Å². The van der Waals surface area contributed by atoms with Crippen LogP contribution < -0.4 is 0 Å². The molecule has 4 aromatic rings. The normalized spacial score (nSPS) is 12.5. The number of pyridine rings is 1. The van der Waals surface area contributed by atoms with Crippen molar-refractivity contribution in [2.75, 3.05) is 0 Å².